The van der Waals surface area contributed by atoms with Crippen LogP contribution in [0.2, 0.25) is 0 Å². The first-order valence-electron chi connectivity index (χ1n) is 35.9. The lowest BCUT2D eigenvalue weighted by molar-refractivity contribution is -0.870. The number of quaternary nitrogens is 1. The minimum Gasteiger partial charge on any atom is -0.545 e. The van der Waals surface area contributed by atoms with E-state index in [1.807, 2.05) is 21.1 Å². The van der Waals surface area contributed by atoms with Crippen LogP contribution in [0, 0.1) is 0 Å². The van der Waals surface area contributed by atoms with Crippen LogP contribution in [0.3, 0.4) is 0 Å². The third-order valence-electron chi connectivity index (χ3n) is 14.2. The SMILES string of the molecule is CC/C=C\C/C=C\C/C=C\C/C=C\C/C=C\C/C=C\C/C=C\C/C=C\C/C=C\C/C=C\C/C=C\CCCCCCCC(=O)OC(COC(=O)CCCCCCCCC/C=C\C/C=C\C/C=C\C/C=C\C/C=C\C/C=C\C/C=C\CC)COC(OCC[N+](C)(C)C)C(=O)[O-]. The first kappa shape index (κ1) is 86.6. The van der Waals surface area contributed by atoms with Crippen molar-refractivity contribution in [3.63, 3.8) is 0 Å². The number of likely N-dealkylation sites (N-methyl/N-ethyl adjacent to an activating group) is 1. The van der Waals surface area contributed by atoms with Gasteiger partial charge in [-0.3, -0.25) is 9.59 Å². The number of nitrogens with zero attached hydrogens (tertiary/aromatic N) is 1. The van der Waals surface area contributed by atoms with Crippen molar-refractivity contribution in [1.82, 2.24) is 0 Å². The molecule has 2 atom stereocenters. The number of esters is 2. The van der Waals surface area contributed by atoms with Crippen LogP contribution in [0.1, 0.15) is 232 Å². The zero-order chi connectivity index (χ0) is 67.5. The first-order chi connectivity index (χ1) is 45.6. The summed E-state index contributed by atoms with van der Waals surface area (Å²) < 4.78 is 22.7. The van der Waals surface area contributed by atoms with Crippen molar-refractivity contribution < 1.29 is 42.9 Å². The lowest BCUT2D eigenvalue weighted by Crippen LogP contribution is -2.44. The largest absolute Gasteiger partial charge is 0.545 e. The van der Waals surface area contributed by atoms with E-state index in [2.05, 4.69) is 233 Å². The molecule has 9 heteroatoms. The summed E-state index contributed by atoms with van der Waals surface area (Å²) in [6.45, 7) is 4.45. The van der Waals surface area contributed by atoms with Gasteiger partial charge in [0.1, 0.15) is 13.2 Å². The third kappa shape index (κ3) is 72.9. The van der Waals surface area contributed by atoms with E-state index >= 15 is 0 Å². The van der Waals surface area contributed by atoms with Gasteiger partial charge in [0.25, 0.3) is 0 Å². The zero-order valence-electron chi connectivity index (χ0n) is 59.0. The van der Waals surface area contributed by atoms with Crippen molar-refractivity contribution in [2.45, 2.75) is 245 Å². The molecule has 0 bridgehead atoms. The summed E-state index contributed by atoms with van der Waals surface area (Å²) in [6, 6.07) is 0. The van der Waals surface area contributed by atoms with E-state index in [4.69, 9.17) is 18.9 Å². The molecular formula is C84H129NO8. The van der Waals surface area contributed by atoms with E-state index in [1.54, 1.807) is 0 Å². The Kier molecular flexibility index (Phi) is 66.5. The van der Waals surface area contributed by atoms with E-state index in [-0.39, 0.29) is 38.6 Å². The van der Waals surface area contributed by atoms with E-state index in [0.29, 0.717) is 23.9 Å². The number of unbranched alkanes of at least 4 members (excludes halogenated alkanes) is 12. The molecule has 0 aromatic carbocycles. The molecule has 518 valence electrons. The topological polar surface area (TPSA) is 111 Å². The quantitative estimate of drug-likeness (QED) is 0.0195. The molecule has 0 aromatic heterocycles. The van der Waals surface area contributed by atoms with E-state index < -0.39 is 24.3 Å². The maximum atomic E-state index is 12.9. The monoisotopic (exact) mass is 1280 g/mol. The standard InChI is InChI=1S/C84H129NO8/c1-6-8-10-12-14-16-18-20-22-24-26-28-30-32-34-36-37-38-39-40-41-42-43-44-45-47-49-51-53-55-57-59-61-63-65-67-69-71-73-75-82(87)93-80(79-92-84(83(88)89)90-77-76-85(3,4)5)78-91-81(86)74-72-70-68-66-64-62-60-58-56-54-52-50-48-46-35-33-31-29-27-25-23-21-19-17-15-13-11-9-7-2/h8-11,14-17,20-23,26-29,32-35,37-38,40-41,43-44,47-50,53-56,59,61,80,84H,6-7,12-13,18-19,24-25,30-31,36,39,42,45-46,51-52,57-58,60,62-79H2,1-5H3/b10-8-,11-9-,16-14-,17-15-,22-20-,23-21-,28-26-,29-27-,34-32-,35-33-,38-37-,41-40-,44-43-,49-47-,50-48-,55-53-,56-54-,61-59-. The maximum Gasteiger partial charge on any atom is 0.306 e. The Hall–Kier alpha value is -6.39. The summed E-state index contributed by atoms with van der Waals surface area (Å²) in [4.78, 5) is 37.5. The Bertz CT molecular complexity index is 2330. The van der Waals surface area contributed by atoms with E-state index in [9.17, 15) is 19.5 Å². The smallest absolute Gasteiger partial charge is 0.306 e. The Morgan fingerprint density at radius 3 is 0.860 bits per heavy atom. The molecule has 0 spiro atoms. The van der Waals surface area contributed by atoms with Gasteiger partial charge in [0, 0.05) is 12.8 Å². The number of ether oxygens (including phenoxy) is 4. The van der Waals surface area contributed by atoms with Gasteiger partial charge in [0.2, 0.25) is 0 Å². The summed E-state index contributed by atoms with van der Waals surface area (Å²) in [5, 5.41) is 11.8. The van der Waals surface area contributed by atoms with Crippen molar-refractivity contribution in [3.8, 4) is 0 Å². The second-order valence-corrected chi connectivity index (χ2v) is 24.1. The van der Waals surface area contributed by atoms with Crippen LogP contribution in [0.25, 0.3) is 0 Å². The number of carbonyl (C=O) groups excluding carboxylic acids is 3. The lowest BCUT2D eigenvalue weighted by Gasteiger charge is -2.26. The fourth-order valence-electron chi connectivity index (χ4n) is 8.81. The van der Waals surface area contributed by atoms with Gasteiger partial charge >= 0.3 is 11.9 Å². The highest BCUT2D eigenvalue weighted by atomic mass is 16.7. The predicted molar refractivity (Wildman–Crippen MR) is 397 cm³/mol. The molecule has 0 rings (SSSR count). The van der Waals surface area contributed by atoms with Gasteiger partial charge in [-0.15, -0.1) is 0 Å². The number of allylic oxidation sites excluding steroid dienone is 36. The van der Waals surface area contributed by atoms with Gasteiger partial charge < -0.3 is 33.3 Å². The molecule has 0 N–H and O–H groups in total. The zero-order valence-corrected chi connectivity index (χ0v) is 59.0. The van der Waals surface area contributed by atoms with Crippen molar-refractivity contribution >= 4 is 17.9 Å². The number of rotatable bonds is 63. The maximum absolute atomic E-state index is 12.9. The molecule has 0 aromatic rings. The van der Waals surface area contributed by atoms with Crippen LogP contribution in [-0.2, 0) is 33.3 Å². The van der Waals surface area contributed by atoms with Crippen LogP contribution in [0.4, 0.5) is 0 Å². The van der Waals surface area contributed by atoms with Crippen molar-refractivity contribution in [2.75, 3.05) is 47.5 Å². The predicted octanol–water partition coefficient (Wildman–Crippen LogP) is 21.6. The molecule has 0 fully saturated rings. The van der Waals surface area contributed by atoms with Crippen molar-refractivity contribution in [3.05, 3.63) is 219 Å². The summed E-state index contributed by atoms with van der Waals surface area (Å²) in [7, 11) is 5.90. The normalized spacial score (nSPS) is 14.0. The number of hydrogen-bond acceptors (Lipinski definition) is 8. The molecule has 0 amide bonds. The summed E-state index contributed by atoms with van der Waals surface area (Å²) in [6.07, 6.45) is 110. The average Bonchev–Trinajstić information content (AvgIpc) is 3.38. The average molecular weight is 1280 g/mol. The summed E-state index contributed by atoms with van der Waals surface area (Å²) in [5.41, 5.74) is 0. The number of aliphatic carboxylic acids is 1. The fraction of sp³-hybridized carbons (Fsp3) is 0.536. The molecule has 0 heterocycles. The number of hydrogen-bond donors (Lipinski definition) is 0. The van der Waals surface area contributed by atoms with Crippen molar-refractivity contribution in [1.29, 1.82) is 0 Å². The van der Waals surface area contributed by atoms with Gasteiger partial charge in [0.05, 0.1) is 40.3 Å². The molecule has 93 heavy (non-hydrogen) atoms. The number of carboxylic acid groups (broad SMARTS) is 1. The molecule has 0 aliphatic heterocycles. The van der Waals surface area contributed by atoms with Gasteiger partial charge in [-0.25, -0.2) is 0 Å². The van der Waals surface area contributed by atoms with E-state index in [0.717, 1.165) is 173 Å². The Morgan fingerprint density at radius 2 is 0.581 bits per heavy atom. The van der Waals surface area contributed by atoms with Gasteiger partial charge in [-0.2, -0.15) is 0 Å². The molecule has 9 nitrogen and oxygen atoms in total. The van der Waals surface area contributed by atoms with Crippen LogP contribution < -0.4 is 5.11 Å². The molecule has 0 radical (unpaired) electrons. The highest BCUT2D eigenvalue weighted by Crippen LogP contribution is 2.14. The van der Waals surface area contributed by atoms with Crippen LogP contribution >= 0.6 is 0 Å². The Morgan fingerprint density at radius 1 is 0.323 bits per heavy atom. The molecular weight excluding hydrogens is 1150 g/mol. The van der Waals surface area contributed by atoms with Crippen LogP contribution in [-0.4, -0.2) is 82.3 Å². The molecule has 0 saturated carbocycles. The molecule has 2 unspecified atom stereocenters. The molecule has 0 aliphatic carbocycles. The molecule has 0 aliphatic rings. The number of carbonyl (C=O) groups is 3. The summed E-state index contributed by atoms with van der Waals surface area (Å²) >= 11 is 0. The Labute approximate surface area is 568 Å². The lowest BCUT2D eigenvalue weighted by atomic mass is 10.1. The minimum atomic E-state index is -1.65. The highest BCUT2D eigenvalue weighted by molar-refractivity contribution is 5.70. The van der Waals surface area contributed by atoms with Crippen molar-refractivity contribution in [2.24, 2.45) is 0 Å². The van der Waals surface area contributed by atoms with E-state index in [1.165, 1.54) is 19.3 Å². The second-order valence-electron chi connectivity index (χ2n) is 24.1. The first-order valence-corrected chi connectivity index (χ1v) is 35.9. The third-order valence-corrected chi connectivity index (χ3v) is 14.2. The minimum absolute atomic E-state index is 0.129. The Balaban J connectivity index is 4.28. The van der Waals surface area contributed by atoms with Gasteiger partial charge in [-0.1, -0.05) is 284 Å². The van der Waals surface area contributed by atoms with Gasteiger partial charge in [0.15, 0.2) is 12.4 Å². The number of carboxylic acids is 1. The molecule has 0 saturated heterocycles. The van der Waals surface area contributed by atoms with Gasteiger partial charge in [-0.05, 0) is 154 Å². The fourth-order valence-corrected chi connectivity index (χ4v) is 8.81. The van der Waals surface area contributed by atoms with Crippen LogP contribution in [0.15, 0.2) is 219 Å². The van der Waals surface area contributed by atoms with Crippen LogP contribution in [0.5, 0.6) is 0 Å². The summed E-state index contributed by atoms with van der Waals surface area (Å²) in [5.74, 6) is -2.35. The second kappa shape index (κ2) is 71.5. The highest BCUT2D eigenvalue weighted by Gasteiger charge is 2.22.